The summed E-state index contributed by atoms with van der Waals surface area (Å²) >= 11 is 29.5. The van der Waals surface area contributed by atoms with Crippen LogP contribution in [0.25, 0.3) is 0 Å². The summed E-state index contributed by atoms with van der Waals surface area (Å²) in [6, 6.07) is 0. The van der Waals surface area contributed by atoms with Gasteiger partial charge in [-0.1, -0.05) is 64.6 Å². The third kappa shape index (κ3) is 4.82. The lowest BCUT2D eigenvalue weighted by Crippen LogP contribution is -2.25. The highest BCUT2D eigenvalue weighted by Gasteiger charge is 2.21. The first-order chi connectivity index (χ1) is 10.2. The number of hydrogen-bond acceptors (Lipinski definition) is 4. The maximum atomic E-state index is 11.2. The van der Waals surface area contributed by atoms with Gasteiger partial charge >= 0.3 is 5.97 Å². The molecule has 0 amide bonds. The van der Waals surface area contributed by atoms with Gasteiger partial charge in [-0.25, -0.2) is 4.79 Å². The smallest absolute Gasteiger partial charge is 0.333 e. The van der Waals surface area contributed by atoms with Gasteiger partial charge in [-0.2, -0.15) is 0 Å². The number of esters is 1. The highest BCUT2D eigenvalue weighted by Crippen LogP contribution is 2.48. The Hall–Kier alpha value is -0.360. The molecule has 0 spiro atoms. The van der Waals surface area contributed by atoms with E-state index in [0.717, 1.165) is 0 Å². The molecule has 1 atom stereocenters. The predicted octanol–water partition coefficient (Wildman–Crippen LogP) is 4.81. The Balaban J connectivity index is 2.73. The van der Waals surface area contributed by atoms with Crippen LogP contribution in [-0.2, 0) is 9.53 Å². The molecular formula is C13H11Cl5O4. The van der Waals surface area contributed by atoms with E-state index < -0.39 is 12.1 Å². The van der Waals surface area contributed by atoms with Gasteiger partial charge in [-0.3, -0.25) is 0 Å². The number of ether oxygens (including phenoxy) is 2. The first-order valence-electron chi connectivity index (χ1n) is 5.81. The van der Waals surface area contributed by atoms with E-state index in [0.29, 0.717) is 0 Å². The zero-order chi connectivity index (χ0) is 17.0. The van der Waals surface area contributed by atoms with Gasteiger partial charge in [0, 0.05) is 5.57 Å². The van der Waals surface area contributed by atoms with Crippen LogP contribution in [0, 0.1) is 0 Å². The molecule has 4 nitrogen and oxygen atoms in total. The third-order valence-electron chi connectivity index (χ3n) is 2.34. The van der Waals surface area contributed by atoms with E-state index >= 15 is 0 Å². The van der Waals surface area contributed by atoms with Crippen LogP contribution in [-0.4, -0.2) is 30.4 Å². The number of carbonyl (C=O) groups is 1. The summed E-state index contributed by atoms with van der Waals surface area (Å²) < 4.78 is 10.1. The Morgan fingerprint density at radius 3 is 1.95 bits per heavy atom. The first kappa shape index (κ1) is 19.7. The van der Waals surface area contributed by atoms with Crippen molar-refractivity contribution in [2.45, 2.75) is 13.0 Å². The Kier molecular flexibility index (Phi) is 7.59. The Labute approximate surface area is 152 Å². The zero-order valence-corrected chi connectivity index (χ0v) is 15.0. The van der Waals surface area contributed by atoms with Crippen molar-refractivity contribution >= 4 is 64.0 Å². The van der Waals surface area contributed by atoms with Crippen molar-refractivity contribution in [1.82, 2.24) is 0 Å². The van der Waals surface area contributed by atoms with Crippen LogP contribution in [0.4, 0.5) is 0 Å². The molecule has 22 heavy (non-hydrogen) atoms. The molecule has 0 fully saturated rings. The lowest BCUT2D eigenvalue weighted by atomic mass is 10.3. The van der Waals surface area contributed by atoms with Gasteiger partial charge in [0.1, 0.15) is 29.4 Å². The van der Waals surface area contributed by atoms with Crippen LogP contribution >= 0.6 is 58.0 Å². The first-order valence-corrected chi connectivity index (χ1v) is 7.70. The average molecular weight is 408 g/mol. The summed E-state index contributed by atoms with van der Waals surface area (Å²) in [7, 11) is 0. The summed E-state index contributed by atoms with van der Waals surface area (Å²) in [5.74, 6) is -0.638. The summed E-state index contributed by atoms with van der Waals surface area (Å²) in [6.07, 6.45) is -1.11. The highest BCUT2D eigenvalue weighted by molar-refractivity contribution is 6.55. The fraction of sp³-hybridized carbons (Fsp3) is 0.308. The number of benzene rings is 1. The van der Waals surface area contributed by atoms with E-state index in [9.17, 15) is 9.90 Å². The van der Waals surface area contributed by atoms with Crippen LogP contribution in [0.2, 0.25) is 25.1 Å². The summed E-state index contributed by atoms with van der Waals surface area (Å²) in [5.41, 5.74) is 0.218. The van der Waals surface area contributed by atoms with E-state index in [1.807, 2.05) is 0 Å². The Morgan fingerprint density at radius 1 is 1.05 bits per heavy atom. The van der Waals surface area contributed by atoms with E-state index in [-0.39, 0.29) is 49.6 Å². The van der Waals surface area contributed by atoms with E-state index in [1.54, 1.807) is 0 Å². The van der Waals surface area contributed by atoms with Crippen molar-refractivity contribution in [2.75, 3.05) is 13.2 Å². The fourth-order valence-electron chi connectivity index (χ4n) is 1.23. The van der Waals surface area contributed by atoms with Crippen molar-refractivity contribution in [3.63, 3.8) is 0 Å². The van der Waals surface area contributed by atoms with Crippen molar-refractivity contribution in [3.8, 4) is 5.75 Å². The molecule has 9 heteroatoms. The van der Waals surface area contributed by atoms with Crippen molar-refractivity contribution in [2.24, 2.45) is 0 Å². The van der Waals surface area contributed by atoms with Crippen LogP contribution < -0.4 is 4.74 Å². The highest BCUT2D eigenvalue weighted by atomic mass is 35.5. The molecule has 0 saturated carbocycles. The predicted molar refractivity (Wildman–Crippen MR) is 88.8 cm³/mol. The molecule has 0 aromatic heterocycles. The number of carbonyl (C=O) groups excluding carboxylic acids is 1. The quantitative estimate of drug-likeness (QED) is 0.318. The van der Waals surface area contributed by atoms with Crippen molar-refractivity contribution in [3.05, 3.63) is 37.3 Å². The second kappa shape index (κ2) is 8.48. The lowest BCUT2D eigenvalue weighted by molar-refractivity contribution is -0.142. The number of hydrogen-bond donors (Lipinski definition) is 1. The molecule has 0 aliphatic heterocycles. The van der Waals surface area contributed by atoms with Gasteiger partial charge in [0.15, 0.2) is 5.75 Å². The van der Waals surface area contributed by atoms with E-state index in [1.165, 1.54) is 6.92 Å². The minimum absolute atomic E-state index is 0.00150. The molecule has 0 aliphatic rings. The Morgan fingerprint density at radius 2 is 1.50 bits per heavy atom. The van der Waals surface area contributed by atoms with Gasteiger partial charge in [0.2, 0.25) is 0 Å². The lowest BCUT2D eigenvalue weighted by Gasteiger charge is -2.16. The van der Waals surface area contributed by atoms with Crippen LogP contribution in [0.15, 0.2) is 12.2 Å². The van der Waals surface area contributed by atoms with Gasteiger partial charge in [-0.15, -0.1) is 0 Å². The minimum Gasteiger partial charge on any atom is -0.487 e. The van der Waals surface area contributed by atoms with Crippen LogP contribution in [0.1, 0.15) is 6.92 Å². The van der Waals surface area contributed by atoms with Crippen molar-refractivity contribution < 1.29 is 19.4 Å². The summed E-state index contributed by atoms with van der Waals surface area (Å²) in [5, 5.41) is 9.60. The van der Waals surface area contributed by atoms with Gasteiger partial charge in [-0.05, 0) is 6.92 Å². The largest absolute Gasteiger partial charge is 0.487 e. The second-order valence-electron chi connectivity index (χ2n) is 4.24. The van der Waals surface area contributed by atoms with E-state index in [4.69, 9.17) is 67.5 Å². The Bertz CT molecular complexity index is 574. The molecule has 1 unspecified atom stereocenters. The van der Waals surface area contributed by atoms with Gasteiger partial charge < -0.3 is 14.6 Å². The molecule has 1 aromatic rings. The number of aliphatic hydroxyl groups excluding tert-OH is 1. The monoisotopic (exact) mass is 406 g/mol. The molecule has 1 rings (SSSR count). The van der Waals surface area contributed by atoms with Crippen molar-refractivity contribution in [1.29, 1.82) is 0 Å². The third-order valence-corrected chi connectivity index (χ3v) is 4.59. The molecule has 122 valence electrons. The SMILES string of the molecule is C=C(C)C(=O)OCC(O)COc1c(Cl)c(Cl)c(Cl)c(Cl)c1Cl. The molecular weight excluding hydrogens is 397 g/mol. The fourth-order valence-corrected chi connectivity index (χ4v) is 2.46. The minimum atomic E-state index is -1.11. The second-order valence-corrected chi connectivity index (χ2v) is 6.13. The van der Waals surface area contributed by atoms with Crippen LogP contribution in [0.5, 0.6) is 5.75 Å². The molecule has 0 radical (unpaired) electrons. The van der Waals surface area contributed by atoms with Gasteiger partial charge in [0.05, 0.1) is 15.1 Å². The normalized spacial score (nSPS) is 12.0. The molecule has 1 N–H and O–H groups in total. The maximum Gasteiger partial charge on any atom is 0.333 e. The number of aliphatic hydroxyl groups is 1. The zero-order valence-electron chi connectivity index (χ0n) is 11.3. The van der Waals surface area contributed by atoms with Crippen LogP contribution in [0.3, 0.4) is 0 Å². The molecule has 0 aliphatic carbocycles. The molecule has 0 heterocycles. The average Bonchev–Trinajstić information content (AvgIpc) is 2.48. The number of halogens is 5. The number of rotatable bonds is 6. The summed E-state index contributed by atoms with van der Waals surface area (Å²) in [6.45, 7) is 4.37. The standard InChI is InChI=1S/C13H11Cl5O4/c1-5(2)13(20)22-4-6(19)3-21-12-10(17)8(15)7(14)9(16)11(12)18/h6,19H,1,3-4H2,2H3. The van der Waals surface area contributed by atoms with Gasteiger partial charge in [0.25, 0.3) is 0 Å². The molecule has 1 aromatic carbocycles. The summed E-state index contributed by atoms with van der Waals surface area (Å²) in [4.78, 5) is 11.2. The molecule has 0 saturated heterocycles. The topological polar surface area (TPSA) is 55.8 Å². The van der Waals surface area contributed by atoms with E-state index in [2.05, 4.69) is 6.58 Å². The maximum absolute atomic E-state index is 11.2. The molecule has 0 bridgehead atoms.